The quantitative estimate of drug-likeness (QED) is 0.440. The summed E-state index contributed by atoms with van der Waals surface area (Å²) in [5.74, 6) is 2.93. The van der Waals surface area contributed by atoms with Crippen molar-refractivity contribution in [3.8, 4) is 12.3 Å². The Bertz CT molecular complexity index is 332. The van der Waals surface area contributed by atoms with Gasteiger partial charge in [0.05, 0.1) is 13.1 Å². The summed E-state index contributed by atoms with van der Waals surface area (Å²) in [6.07, 6.45) is 1.62. The predicted octanol–water partition coefficient (Wildman–Crippen LogP) is 0.421. The number of terminal acetylenes is 1. The number of hydrogen-bond donors (Lipinski definition) is 2. The lowest BCUT2D eigenvalue weighted by atomic mass is 10.3. The van der Waals surface area contributed by atoms with Gasteiger partial charge in [-0.05, 0) is 6.42 Å². The highest BCUT2D eigenvalue weighted by Gasteiger charge is 2.34. The lowest BCUT2D eigenvalue weighted by Crippen LogP contribution is -2.45. The Morgan fingerprint density at radius 1 is 1.56 bits per heavy atom. The Balaban J connectivity index is 2.36. The molecule has 0 radical (unpaired) electrons. The van der Waals surface area contributed by atoms with Crippen molar-refractivity contribution in [1.82, 2.24) is 15.5 Å². The second kappa shape index (κ2) is 6.50. The van der Waals surface area contributed by atoms with Crippen molar-refractivity contribution in [3.05, 3.63) is 0 Å². The zero-order valence-corrected chi connectivity index (χ0v) is 10.2. The number of rotatable bonds is 3. The van der Waals surface area contributed by atoms with Gasteiger partial charge < -0.3 is 10.6 Å². The third kappa shape index (κ3) is 5.27. The summed E-state index contributed by atoms with van der Waals surface area (Å²) in [7, 11) is 1.59. The minimum atomic E-state index is -4.14. The summed E-state index contributed by atoms with van der Waals surface area (Å²) in [5.41, 5.74) is 0. The second-order valence-electron chi connectivity index (χ2n) is 4.11. The molecule has 7 heteroatoms. The van der Waals surface area contributed by atoms with Gasteiger partial charge >= 0.3 is 6.18 Å². The molecule has 1 unspecified atom stereocenters. The molecule has 102 valence electrons. The van der Waals surface area contributed by atoms with E-state index in [1.54, 1.807) is 7.05 Å². The zero-order chi connectivity index (χ0) is 13.6. The molecule has 1 atom stereocenters. The molecule has 1 rings (SSSR count). The average Bonchev–Trinajstić information content (AvgIpc) is 2.69. The minimum absolute atomic E-state index is 0.0312. The van der Waals surface area contributed by atoms with Gasteiger partial charge in [0.15, 0.2) is 5.96 Å². The number of halogens is 3. The third-order valence-electron chi connectivity index (χ3n) is 2.60. The molecule has 18 heavy (non-hydrogen) atoms. The molecule has 0 aromatic carbocycles. The van der Waals surface area contributed by atoms with E-state index in [9.17, 15) is 13.2 Å². The molecule has 1 aliphatic heterocycles. The van der Waals surface area contributed by atoms with Gasteiger partial charge in [-0.25, -0.2) is 0 Å². The standard InChI is InChI=1S/C11H17F3N4/c1-3-5-16-10(15-2)17-9-4-6-18(7-9)8-11(12,13)14/h1,9H,4-8H2,2H3,(H2,15,16,17). The molecular weight excluding hydrogens is 245 g/mol. The van der Waals surface area contributed by atoms with Crippen molar-refractivity contribution < 1.29 is 13.2 Å². The van der Waals surface area contributed by atoms with Crippen LogP contribution in [-0.2, 0) is 0 Å². The van der Waals surface area contributed by atoms with E-state index in [2.05, 4.69) is 21.5 Å². The van der Waals surface area contributed by atoms with Gasteiger partial charge in [0.1, 0.15) is 0 Å². The Hall–Kier alpha value is -1.42. The highest BCUT2D eigenvalue weighted by Crippen LogP contribution is 2.19. The van der Waals surface area contributed by atoms with Gasteiger partial charge in [-0.15, -0.1) is 6.42 Å². The zero-order valence-electron chi connectivity index (χ0n) is 10.2. The molecule has 1 saturated heterocycles. The summed E-state index contributed by atoms with van der Waals surface area (Å²) in [6, 6.07) is -0.0312. The predicted molar refractivity (Wildman–Crippen MR) is 64.2 cm³/mol. The fraction of sp³-hybridized carbons (Fsp3) is 0.727. The Morgan fingerprint density at radius 3 is 2.83 bits per heavy atom. The Morgan fingerprint density at radius 2 is 2.28 bits per heavy atom. The molecule has 0 spiro atoms. The maximum atomic E-state index is 12.2. The van der Waals surface area contributed by atoms with Crippen LogP contribution >= 0.6 is 0 Å². The van der Waals surface area contributed by atoms with E-state index in [-0.39, 0.29) is 6.04 Å². The molecule has 0 bridgehead atoms. The molecule has 4 nitrogen and oxygen atoms in total. The lowest BCUT2D eigenvalue weighted by Gasteiger charge is -2.19. The molecule has 0 saturated carbocycles. The van der Waals surface area contributed by atoms with E-state index in [0.29, 0.717) is 32.0 Å². The normalized spacial score (nSPS) is 21.7. The van der Waals surface area contributed by atoms with E-state index in [4.69, 9.17) is 6.42 Å². The van der Waals surface area contributed by atoms with Crippen LogP contribution < -0.4 is 10.6 Å². The first-order valence-electron chi connectivity index (χ1n) is 5.64. The second-order valence-corrected chi connectivity index (χ2v) is 4.11. The first-order valence-corrected chi connectivity index (χ1v) is 5.64. The van der Waals surface area contributed by atoms with Crippen molar-refractivity contribution in [2.24, 2.45) is 4.99 Å². The van der Waals surface area contributed by atoms with Crippen molar-refractivity contribution in [2.45, 2.75) is 18.6 Å². The van der Waals surface area contributed by atoms with Crippen molar-refractivity contribution in [1.29, 1.82) is 0 Å². The first-order chi connectivity index (χ1) is 8.44. The lowest BCUT2D eigenvalue weighted by molar-refractivity contribution is -0.143. The topological polar surface area (TPSA) is 39.7 Å². The number of aliphatic imine (C=N–C) groups is 1. The van der Waals surface area contributed by atoms with Crippen LogP contribution in [0.4, 0.5) is 13.2 Å². The summed E-state index contributed by atoms with van der Waals surface area (Å²) >= 11 is 0. The van der Waals surface area contributed by atoms with Crippen molar-refractivity contribution in [3.63, 3.8) is 0 Å². The fourth-order valence-electron chi connectivity index (χ4n) is 1.87. The summed E-state index contributed by atoms with van der Waals surface area (Å²) in [6.45, 7) is 0.264. The molecular formula is C11H17F3N4. The van der Waals surface area contributed by atoms with E-state index in [1.807, 2.05) is 0 Å². The number of alkyl halides is 3. The van der Waals surface area contributed by atoms with Crippen LogP contribution in [0.25, 0.3) is 0 Å². The van der Waals surface area contributed by atoms with Crippen molar-refractivity contribution in [2.75, 3.05) is 33.2 Å². The highest BCUT2D eigenvalue weighted by molar-refractivity contribution is 5.80. The van der Waals surface area contributed by atoms with Gasteiger partial charge in [-0.1, -0.05) is 5.92 Å². The molecule has 2 N–H and O–H groups in total. The van der Waals surface area contributed by atoms with Crippen LogP contribution in [0.5, 0.6) is 0 Å². The van der Waals surface area contributed by atoms with Gasteiger partial charge in [0.25, 0.3) is 0 Å². The Labute approximate surface area is 105 Å². The number of hydrogen-bond acceptors (Lipinski definition) is 2. The Kier molecular flexibility index (Phi) is 5.28. The number of nitrogens with one attached hydrogen (secondary N) is 2. The fourth-order valence-corrected chi connectivity index (χ4v) is 1.87. The highest BCUT2D eigenvalue weighted by atomic mass is 19.4. The van der Waals surface area contributed by atoms with Gasteiger partial charge in [-0.2, -0.15) is 13.2 Å². The van der Waals surface area contributed by atoms with Crippen molar-refractivity contribution >= 4 is 5.96 Å². The summed E-state index contributed by atoms with van der Waals surface area (Å²) in [4.78, 5) is 5.33. The third-order valence-corrected chi connectivity index (χ3v) is 2.60. The molecule has 0 aliphatic carbocycles. The van der Waals surface area contributed by atoms with E-state index in [1.165, 1.54) is 4.90 Å². The van der Waals surface area contributed by atoms with Crippen LogP contribution in [0.15, 0.2) is 4.99 Å². The molecule has 0 amide bonds. The number of nitrogens with zero attached hydrogens (tertiary/aromatic N) is 2. The number of guanidine groups is 1. The minimum Gasteiger partial charge on any atom is -0.352 e. The van der Waals surface area contributed by atoms with Crippen LogP contribution in [0.3, 0.4) is 0 Å². The van der Waals surface area contributed by atoms with Crippen LogP contribution in [0, 0.1) is 12.3 Å². The monoisotopic (exact) mass is 262 g/mol. The average molecular weight is 262 g/mol. The van der Waals surface area contributed by atoms with E-state index >= 15 is 0 Å². The summed E-state index contributed by atoms with van der Waals surface area (Å²) < 4.78 is 36.6. The smallest absolute Gasteiger partial charge is 0.352 e. The molecule has 1 heterocycles. The maximum absolute atomic E-state index is 12.2. The molecule has 1 aliphatic rings. The van der Waals surface area contributed by atoms with Crippen LogP contribution in [-0.4, -0.2) is 56.3 Å². The van der Waals surface area contributed by atoms with Gasteiger partial charge in [0.2, 0.25) is 0 Å². The summed E-state index contributed by atoms with van der Waals surface area (Å²) in [5, 5.41) is 5.92. The first kappa shape index (κ1) is 14.6. The van der Waals surface area contributed by atoms with E-state index in [0.717, 1.165) is 0 Å². The molecule has 1 fully saturated rings. The van der Waals surface area contributed by atoms with Crippen LogP contribution in [0.2, 0.25) is 0 Å². The maximum Gasteiger partial charge on any atom is 0.401 e. The van der Waals surface area contributed by atoms with Gasteiger partial charge in [-0.3, -0.25) is 9.89 Å². The number of likely N-dealkylation sites (tertiary alicyclic amines) is 1. The molecule has 0 aromatic rings. The van der Waals surface area contributed by atoms with Crippen LogP contribution in [0.1, 0.15) is 6.42 Å². The molecule has 0 aromatic heterocycles. The largest absolute Gasteiger partial charge is 0.401 e. The van der Waals surface area contributed by atoms with Gasteiger partial charge in [0, 0.05) is 26.2 Å². The SMILES string of the molecule is C#CCNC(=NC)NC1CCN(CC(F)(F)F)C1. The van der Waals surface area contributed by atoms with E-state index < -0.39 is 12.7 Å².